The fourth-order valence-corrected chi connectivity index (χ4v) is 2.32. The molecular formula is C10H14FNO2S. The van der Waals surface area contributed by atoms with Crippen molar-refractivity contribution in [3.8, 4) is 0 Å². The van der Waals surface area contributed by atoms with Crippen LogP contribution in [0.25, 0.3) is 0 Å². The molecule has 0 aliphatic heterocycles. The van der Waals surface area contributed by atoms with Crippen LogP contribution in [0.15, 0.2) is 29.2 Å². The SMILES string of the molecule is CNCC(F)c1ccccc1S(C)(=O)=O. The highest BCUT2D eigenvalue weighted by molar-refractivity contribution is 7.90. The van der Waals surface area contributed by atoms with E-state index in [0.717, 1.165) is 6.26 Å². The third-order valence-corrected chi connectivity index (χ3v) is 3.21. The van der Waals surface area contributed by atoms with Crippen molar-refractivity contribution in [2.24, 2.45) is 0 Å². The van der Waals surface area contributed by atoms with Gasteiger partial charge >= 0.3 is 0 Å². The molecule has 0 radical (unpaired) electrons. The van der Waals surface area contributed by atoms with Gasteiger partial charge in [-0.2, -0.15) is 0 Å². The van der Waals surface area contributed by atoms with E-state index in [1.54, 1.807) is 19.2 Å². The molecule has 1 aromatic carbocycles. The standard InChI is InChI=1S/C10H14FNO2S/c1-12-7-9(11)8-5-3-4-6-10(8)15(2,13)14/h3-6,9,12H,7H2,1-2H3. The van der Waals surface area contributed by atoms with E-state index in [4.69, 9.17) is 0 Å². The molecular weight excluding hydrogens is 217 g/mol. The summed E-state index contributed by atoms with van der Waals surface area (Å²) in [6.45, 7) is 0.104. The monoisotopic (exact) mass is 231 g/mol. The average molecular weight is 231 g/mol. The van der Waals surface area contributed by atoms with Gasteiger partial charge in [-0.25, -0.2) is 12.8 Å². The van der Waals surface area contributed by atoms with Crippen LogP contribution < -0.4 is 5.32 Å². The van der Waals surface area contributed by atoms with E-state index >= 15 is 0 Å². The van der Waals surface area contributed by atoms with Gasteiger partial charge in [0.25, 0.3) is 0 Å². The molecule has 0 spiro atoms. The van der Waals surface area contributed by atoms with E-state index in [2.05, 4.69) is 5.32 Å². The van der Waals surface area contributed by atoms with Crippen molar-refractivity contribution in [3.63, 3.8) is 0 Å². The lowest BCUT2D eigenvalue weighted by Gasteiger charge is -2.11. The number of alkyl halides is 1. The highest BCUT2D eigenvalue weighted by atomic mass is 32.2. The number of rotatable bonds is 4. The highest BCUT2D eigenvalue weighted by Gasteiger charge is 2.18. The van der Waals surface area contributed by atoms with Crippen LogP contribution in [0.4, 0.5) is 4.39 Å². The molecule has 1 atom stereocenters. The Balaban J connectivity index is 3.18. The van der Waals surface area contributed by atoms with Crippen LogP contribution >= 0.6 is 0 Å². The molecule has 0 fully saturated rings. The minimum Gasteiger partial charge on any atom is -0.317 e. The van der Waals surface area contributed by atoms with Crippen LogP contribution in [-0.4, -0.2) is 28.3 Å². The zero-order valence-corrected chi connectivity index (χ0v) is 9.51. The van der Waals surface area contributed by atoms with Gasteiger partial charge in [-0.05, 0) is 13.1 Å². The van der Waals surface area contributed by atoms with Crippen LogP contribution in [-0.2, 0) is 9.84 Å². The topological polar surface area (TPSA) is 46.2 Å². The van der Waals surface area contributed by atoms with Crippen LogP contribution in [0.5, 0.6) is 0 Å². The molecule has 0 bridgehead atoms. The van der Waals surface area contributed by atoms with Crippen molar-refractivity contribution in [2.45, 2.75) is 11.1 Å². The summed E-state index contributed by atoms with van der Waals surface area (Å²) in [6.07, 6.45) is -0.223. The fourth-order valence-electron chi connectivity index (χ4n) is 1.37. The largest absolute Gasteiger partial charge is 0.317 e. The fraction of sp³-hybridized carbons (Fsp3) is 0.400. The maximum absolute atomic E-state index is 13.6. The van der Waals surface area contributed by atoms with Gasteiger partial charge in [0.1, 0.15) is 6.17 Å². The Morgan fingerprint density at radius 1 is 1.40 bits per heavy atom. The normalized spacial score (nSPS) is 13.8. The Kier molecular flexibility index (Phi) is 3.82. The first kappa shape index (κ1) is 12.1. The highest BCUT2D eigenvalue weighted by Crippen LogP contribution is 2.24. The van der Waals surface area contributed by atoms with Crippen molar-refractivity contribution in [3.05, 3.63) is 29.8 Å². The lowest BCUT2D eigenvalue weighted by molar-refractivity contribution is 0.330. The zero-order chi connectivity index (χ0) is 11.5. The summed E-state index contributed by atoms with van der Waals surface area (Å²) in [4.78, 5) is 0.0627. The van der Waals surface area contributed by atoms with E-state index in [0.29, 0.717) is 0 Å². The molecule has 1 rings (SSSR count). The first-order valence-electron chi connectivity index (χ1n) is 4.54. The molecule has 1 N–H and O–H groups in total. The first-order valence-corrected chi connectivity index (χ1v) is 6.43. The van der Waals surface area contributed by atoms with Crippen LogP contribution in [0.3, 0.4) is 0 Å². The number of hydrogen-bond donors (Lipinski definition) is 1. The number of nitrogens with one attached hydrogen (secondary N) is 1. The maximum Gasteiger partial charge on any atom is 0.175 e. The van der Waals surface area contributed by atoms with Gasteiger partial charge in [0.2, 0.25) is 0 Å². The third kappa shape index (κ3) is 3.00. The summed E-state index contributed by atoms with van der Waals surface area (Å²) < 4.78 is 36.4. The predicted molar refractivity (Wildman–Crippen MR) is 57.3 cm³/mol. The second-order valence-electron chi connectivity index (χ2n) is 3.34. The Labute approximate surface area is 89.2 Å². The maximum atomic E-state index is 13.6. The predicted octanol–water partition coefficient (Wildman–Crippen LogP) is 1.32. The minimum atomic E-state index is -3.36. The van der Waals surface area contributed by atoms with Crippen molar-refractivity contribution < 1.29 is 12.8 Å². The summed E-state index contributed by atoms with van der Waals surface area (Å²) in [6, 6.07) is 6.14. The van der Waals surface area contributed by atoms with Gasteiger partial charge in [-0.15, -0.1) is 0 Å². The Hall–Kier alpha value is -0.940. The molecule has 15 heavy (non-hydrogen) atoms. The lowest BCUT2D eigenvalue weighted by Crippen LogP contribution is -2.16. The molecule has 0 saturated carbocycles. The smallest absolute Gasteiger partial charge is 0.175 e. The quantitative estimate of drug-likeness (QED) is 0.850. The summed E-state index contributed by atoms with van der Waals surface area (Å²) in [7, 11) is -1.74. The molecule has 0 aliphatic rings. The van der Waals surface area contributed by atoms with E-state index in [-0.39, 0.29) is 17.0 Å². The van der Waals surface area contributed by atoms with E-state index < -0.39 is 16.0 Å². The Bertz CT molecular complexity index is 431. The molecule has 5 heteroatoms. The number of likely N-dealkylation sites (N-methyl/N-ethyl adjacent to an activating group) is 1. The van der Waals surface area contributed by atoms with Crippen molar-refractivity contribution >= 4 is 9.84 Å². The summed E-state index contributed by atoms with van der Waals surface area (Å²) in [5, 5.41) is 2.67. The molecule has 1 aromatic rings. The molecule has 0 aromatic heterocycles. The van der Waals surface area contributed by atoms with Crippen LogP contribution in [0.1, 0.15) is 11.7 Å². The van der Waals surface area contributed by atoms with E-state index in [1.165, 1.54) is 12.1 Å². The van der Waals surface area contributed by atoms with Crippen molar-refractivity contribution in [1.82, 2.24) is 5.32 Å². The van der Waals surface area contributed by atoms with Crippen molar-refractivity contribution in [1.29, 1.82) is 0 Å². The number of halogens is 1. The van der Waals surface area contributed by atoms with Gasteiger partial charge < -0.3 is 5.32 Å². The average Bonchev–Trinajstić information content (AvgIpc) is 2.17. The summed E-state index contributed by atoms with van der Waals surface area (Å²) in [5.74, 6) is 0. The van der Waals surface area contributed by atoms with Gasteiger partial charge in [0, 0.05) is 18.4 Å². The summed E-state index contributed by atoms with van der Waals surface area (Å²) in [5.41, 5.74) is 0.217. The van der Waals surface area contributed by atoms with Crippen molar-refractivity contribution in [2.75, 3.05) is 19.8 Å². The molecule has 1 unspecified atom stereocenters. The lowest BCUT2D eigenvalue weighted by atomic mass is 10.1. The summed E-state index contributed by atoms with van der Waals surface area (Å²) >= 11 is 0. The third-order valence-electron chi connectivity index (χ3n) is 2.04. The van der Waals surface area contributed by atoms with Gasteiger partial charge in [-0.3, -0.25) is 0 Å². The number of hydrogen-bond acceptors (Lipinski definition) is 3. The zero-order valence-electron chi connectivity index (χ0n) is 8.70. The van der Waals surface area contributed by atoms with E-state index in [9.17, 15) is 12.8 Å². The van der Waals surface area contributed by atoms with Gasteiger partial charge in [0.05, 0.1) is 4.90 Å². The molecule has 3 nitrogen and oxygen atoms in total. The second-order valence-corrected chi connectivity index (χ2v) is 5.32. The minimum absolute atomic E-state index is 0.0627. The van der Waals surface area contributed by atoms with Gasteiger partial charge in [0.15, 0.2) is 9.84 Å². The van der Waals surface area contributed by atoms with Crippen LogP contribution in [0.2, 0.25) is 0 Å². The van der Waals surface area contributed by atoms with Crippen LogP contribution in [0, 0.1) is 0 Å². The molecule has 0 aliphatic carbocycles. The van der Waals surface area contributed by atoms with Gasteiger partial charge in [-0.1, -0.05) is 18.2 Å². The molecule has 0 amide bonds. The first-order chi connectivity index (χ1) is 6.96. The Morgan fingerprint density at radius 2 is 2.00 bits per heavy atom. The second kappa shape index (κ2) is 4.72. The molecule has 0 heterocycles. The molecule has 84 valence electrons. The number of sulfone groups is 1. The van der Waals surface area contributed by atoms with E-state index in [1.807, 2.05) is 0 Å². The Morgan fingerprint density at radius 3 is 2.53 bits per heavy atom. The molecule has 0 saturated heterocycles. The number of benzene rings is 1.